The molecule has 3 rings (SSSR count). The van der Waals surface area contributed by atoms with Gasteiger partial charge >= 0.3 is 5.76 Å². The van der Waals surface area contributed by atoms with E-state index in [1.54, 1.807) is 42.5 Å². The van der Waals surface area contributed by atoms with Gasteiger partial charge in [-0.2, -0.15) is 0 Å². The van der Waals surface area contributed by atoms with Crippen LogP contribution in [0.25, 0.3) is 11.1 Å². The normalized spacial score (nSPS) is 10.8. The Kier molecular flexibility index (Phi) is 4.23. The lowest BCUT2D eigenvalue weighted by molar-refractivity contribution is -0.129. The lowest BCUT2D eigenvalue weighted by Crippen LogP contribution is -2.30. The first-order valence-corrected chi connectivity index (χ1v) is 7.36. The molecule has 0 fully saturated rings. The SMILES string of the molecule is CN(CCc1ccncc1)C(=O)Cc1ccc2oc(=O)[nH]c2c1. The molecule has 0 aliphatic carbocycles. The van der Waals surface area contributed by atoms with Gasteiger partial charge in [0.2, 0.25) is 5.91 Å². The van der Waals surface area contributed by atoms with E-state index in [2.05, 4.69) is 9.97 Å². The number of pyridine rings is 1. The second kappa shape index (κ2) is 6.48. The Morgan fingerprint density at radius 1 is 1.22 bits per heavy atom. The number of nitrogens with one attached hydrogen (secondary N) is 1. The second-order valence-electron chi connectivity index (χ2n) is 5.44. The minimum absolute atomic E-state index is 0.0317. The summed E-state index contributed by atoms with van der Waals surface area (Å²) in [4.78, 5) is 31.7. The first-order chi connectivity index (χ1) is 11.1. The lowest BCUT2D eigenvalue weighted by Gasteiger charge is -2.17. The summed E-state index contributed by atoms with van der Waals surface area (Å²) in [7, 11) is 1.79. The Labute approximate surface area is 132 Å². The number of carbonyl (C=O) groups is 1. The van der Waals surface area contributed by atoms with Gasteiger partial charge in [-0.05, 0) is 41.8 Å². The van der Waals surface area contributed by atoms with E-state index in [-0.39, 0.29) is 12.3 Å². The Bertz CT molecular complexity index is 867. The summed E-state index contributed by atoms with van der Waals surface area (Å²) in [5, 5.41) is 0. The van der Waals surface area contributed by atoms with E-state index >= 15 is 0 Å². The van der Waals surface area contributed by atoms with Gasteiger partial charge in [0.1, 0.15) is 0 Å². The van der Waals surface area contributed by atoms with Crippen LogP contribution in [0, 0.1) is 0 Å². The van der Waals surface area contributed by atoms with Gasteiger partial charge in [-0.3, -0.25) is 14.8 Å². The standard InChI is InChI=1S/C17H17N3O3/c1-20(9-6-12-4-7-18-8-5-12)16(21)11-13-2-3-15-14(10-13)19-17(22)23-15/h2-5,7-8,10H,6,9,11H2,1H3,(H,19,22). The van der Waals surface area contributed by atoms with Crippen LogP contribution in [0.3, 0.4) is 0 Å². The molecule has 6 heteroatoms. The summed E-state index contributed by atoms with van der Waals surface area (Å²) < 4.78 is 4.95. The maximum atomic E-state index is 12.3. The van der Waals surface area contributed by atoms with Gasteiger partial charge in [-0.15, -0.1) is 0 Å². The number of hydrogen-bond donors (Lipinski definition) is 1. The van der Waals surface area contributed by atoms with Crippen LogP contribution in [0.2, 0.25) is 0 Å². The van der Waals surface area contributed by atoms with E-state index in [0.717, 1.165) is 17.5 Å². The van der Waals surface area contributed by atoms with Crippen LogP contribution in [-0.2, 0) is 17.6 Å². The molecular formula is C17H17N3O3. The Hall–Kier alpha value is -2.89. The molecule has 2 aromatic heterocycles. The number of carbonyl (C=O) groups excluding carboxylic acids is 1. The summed E-state index contributed by atoms with van der Waals surface area (Å²) in [5.74, 6) is -0.456. The van der Waals surface area contributed by atoms with Crippen molar-refractivity contribution in [2.45, 2.75) is 12.8 Å². The van der Waals surface area contributed by atoms with Crippen molar-refractivity contribution in [3.8, 4) is 0 Å². The van der Waals surface area contributed by atoms with Crippen LogP contribution in [0.15, 0.2) is 51.9 Å². The number of amides is 1. The highest BCUT2D eigenvalue weighted by atomic mass is 16.4. The number of aromatic nitrogens is 2. The third kappa shape index (κ3) is 3.66. The molecule has 1 amide bonds. The molecule has 0 atom stereocenters. The average molecular weight is 311 g/mol. The maximum Gasteiger partial charge on any atom is 0.417 e. The van der Waals surface area contributed by atoms with Gasteiger partial charge in [0.15, 0.2) is 5.58 Å². The van der Waals surface area contributed by atoms with Gasteiger partial charge < -0.3 is 9.32 Å². The van der Waals surface area contributed by atoms with Gasteiger partial charge in [0.05, 0.1) is 11.9 Å². The quantitative estimate of drug-likeness (QED) is 0.778. The number of fused-ring (bicyclic) bond motifs is 1. The van der Waals surface area contributed by atoms with Crippen molar-refractivity contribution < 1.29 is 9.21 Å². The minimum Gasteiger partial charge on any atom is -0.408 e. The van der Waals surface area contributed by atoms with Gasteiger partial charge in [-0.1, -0.05) is 6.07 Å². The van der Waals surface area contributed by atoms with Crippen LogP contribution in [0.5, 0.6) is 0 Å². The molecule has 0 unspecified atom stereocenters. The zero-order chi connectivity index (χ0) is 16.2. The van der Waals surface area contributed by atoms with Crippen LogP contribution >= 0.6 is 0 Å². The molecule has 0 aliphatic heterocycles. The van der Waals surface area contributed by atoms with Gasteiger partial charge in [-0.25, -0.2) is 4.79 Å². The molecule has 1 N–H and O–H groups in total. The van der Waals surface area contributed by atoms with Crippen LogP contribution in [0.4, 0.5) is 0 Å². The smallest absolute Gasteiger partial charge is 0.408 e. The summed E-state index contributed by atoms with van der Waals surface area (Å²) in [6.45, 7) is 0.646. The molecule has 6 nitrogen and oxygen atoms in total. The lowest BCUT2D eigenvalue weighted by atomic mass is 10.1. The predicted octanol–water partition coefficient (Wildman–Crippen LogP) is 1.76. The molecule has 0 bridgehead atoms. The summed E-state index contributed by atoms with van der Waals surface area (Å²) >= 11 is 0. The van der Waals surface area contributed by atoms with Crippen LogP contribution in [-0.4, -0.2) is 34.4 Å². The largest absolute Gasteiger partial charge is 0.417 e. The Morgan fingerprint density at radius 3 is 2.78 bits per heavy atom. The highest BCUT2D eigenvalue weighted by Gasteiger charge is 2.11. The van der Waals surface area contributed by atoms with Crippen molar-refractivity contribution in [2.24, 2.45) is 0 Å². The van der Waals surface area contributed by atoms with Gasteiger partial charge in [0, 0.05) is 26.0 Å². The van der Waals surface area contributed by atoms with Crippen molar-refractivity contribution in [1.29, 1.82) is 0 Å². The number of rotatable bonds is 5. The summed E-state index contributed by atoms with van der Waals surface area (Å²) in [6.07, 6.45) is 4.57. The monoisotopic (exact) mass is 311 g/mol. The Balaban J connectivity index is 1.61. The van der Waals surface area contributed by atoms with E-state index in [0.29, 0.717) is 17.6 Å². The molecule has 1 aromatic carbocycles. The Morgan fingerprint density at radius 2 is 2.00 bits per heavy atom. The number of oxazole rings is 1. The fourth-order valence-corrected chi connectivity index (χ4v) is 2.39. The highest BCUT2D eigenvalue weighted by Crippen LogP contribution is 2.13. The fraction of sp³-hybridized carbons (Fsp3) is 0.235. The third-order valence-corrected chi connectivity index (χ3v) is 3.75. The number of benzene rings is 1. The summed E-state index contributed by atoms with van der Waals surface area (Å²) in [6, 6.07) is 9.17. The van der Waals surface area contributed by atoms with E-state index < -0.39 is 5.76 Å². The predicted molar refractivity (Wildman–Crippen MR) is 86.1 cm³/mol. The van der Waals surface area contributed by atoms with E-state index in [1.807, 2.05) is 12.1 Å². The molecule has 0 spiro atoms. The van der Waals surface area contributed by atoms with Crippen molar-refractivity contribution in [2.75, 3.05) is 13.6 Å². The first kappa shape index (κ1) is 15.0. The van der Waals surface area contributed by atoms with E-state index in [4.69, 9.17) is 4.42 Å². The van der Waals surface area contributed by atoms with Crippen LogP contribution < -0.4 is 5.76 Å². The number of hydrogen-bond acceptors (Lipinski definition) is 4. The van der Waals surface area contributed by atoms with Crippen molar-refractivity contribution in [3.63, 3.8) is 0 Å². The molecule has 2 heterocycles. The van der Waals surface area contributed by atoms with E-state index in [1.165, 1.54) is 0 Å². The number of H-pyrrole nitrogens is 1. The number of aromatic amines is 1. The summed E-state index contributed by atoms with van der Waals surface area (Å²) in [5.41, 5.74) is 3.10. The molecule has 0 saturated carbocycles. The zero-order valence-electron chi connectivity index (χ0n) is 12.8. The molecule has 118 valence electrons. The fourth-order valence-electron chi connectivity index (χ4n) is 2.39. The number of nitrogens with zero attached hydrogens (tertiary/aromatic N) is 2. The molecule has 3 aromatic rings. The molecule has 23 heavy (non-hydrogen) atoms. The van der Waals surface area contributed by atoms with Crippen molar-refractivity contribution in [3.05, 3.63) is 64.4 Å². The van der Waals surface area contributed by atoms with Crippen molar-refractivity contribution >= 4 is 17.0 Å². The molecule has 0 aliphatic rings. The molecule has 0 radical (unpaired) electrons. The third-order valence-electron chi connectivity index (χ3n) is 3.75. The van der Waals surface area contributed by atoms with E-state index in [9.17, 15) is 9.59 Å². The van der Waals surface area contributed by atoms with Crippen LogP contribution in [0.1, 0.15) is 11.1 Å². The first-order valence-electron chi connectivity index (χ1n) is 7.36. The zero-order valence-corrected chi connectivity index (χ0v) is 12.8. The van der Waals surface area contributed by atoms with Crippen molar-refractivity contribution in [1.82, 2.24) is 14.9 Å². The molecule has 0 saturated heterocycles. The topological polar surface area (TPSA) is 79.2 Å². The molecular weight excluding hydrogens is 294 g/mol. The highest BCUT2D eigenvalue weighted by molar-refractivity contribution is 5.80. The number of likely N-dealkylation sites (N-methyl/N-ethyl adjacent to an activating group) is 1. The average Bonchev–Trinajstić information content (AvgIpc) is 2.92. The minimum atomic E-state index is -0.488. The maximum absolute atomic E-state index is 12.3. The van der Waals surface area contributed by atoms with Gasteiger partial charge in [0.25, 0.3) is 0 Å². The second-order valence-corrected chi connectivity index (χ2v) is 5.44.